The molecule has 0 aliphatic heterocycles. The summed E-state index contributed by atoms with van der Waals surface area (Å²) in [5.74, 6) is 0. The van der Waals surface area contributed by atoms with E-state index < -0.39 is 0 Å². The maximum absolute atomic E-state index is 2.12. The quantitative estimate of drug-likeness (QED) is 0.565. The van der Waals surface area contributed by atoms with Gasteiger partial charge in [0.1, 0.15) is 0 Å². The van der Waals surface area contributed by atoms with Gasteiger partial charge in [0.15, 0.2) is 0 Å². The fourth-order valence-electron chi connectivity index (χ4n) is 1.65. The minimum Gasteiger partial charge on any atom is -0.0623 e. The van der Waals surface area contributed by atoms with Gasteiger partial charge in [-0.3, -0.25) is 0 Å². The van der Waals surface area contributed by atoms with Gasteiger partial charge in [0, 0.05) is 0 Å². The summed E-state index contributed by atoms with van der Waals surface area (Å²) >= 11 is 0. The van der Waals surface area contributed by atoms with Gasteiger partial charge in [-0.05, 0) is 11.1 Å². The molecule has 2 aliphatic carbocycles. The van der Waals surface area contributed by atoms with Crippen molar-refractivity contribution in [3.63, 3.8) is 0 Å². The SMILES string of the molecule is C1=CC=CC(=C2\C=C/C=C/C=C\C=C\C=C\2)C=C1. The van der Waals surface area contributed by atoms with Crippen LogP contribution in [0, 0.1) is 0 Å². The second kappa shape index (κ2) is 7.08. The van der Waals surface area contributed by atoms with Crippen LogP contribution in [0.4, 0.5) is 0 Å². The molecule has 0 aromatic rings. The smallest absolute Gasteiger partial charge is 0.0184 e. The predicted octanol–water partition coefficient (Wildman–Crippen LogP) is 4.76. The molecule has 0 bridgehead atoms. The summed E-state index contributed by atoms with van der Waals surface area (Å²) in [5, 5.41) is 0. The van der Waals surface area contributed by atoms with E-state index in [0.717, 1.165) is 0 Å². The van der Waals surface area contributed by atoms with E-state index in [9.17, 15) is 0 Å². The largest absolute Gasteiger partial charge is 0.0623 e. The third-order valence-corrected chi connectivity index (χ3v) is 2.55. The molecule has 0 heteroatoms. The van der Waals surface area contributed by atoms with Crippen molar-refractivity contribution >= 4 is 0 Å². The fourth-order valence-corrected chi connectivity index (χ4v) is 1.65. The van der Waals surface area contributed by atoms with Crippen LogP contribution in [0.2, 0.25) is 0 Å². The van der Waals surface area contributed by atoms with Gasteiger partial charge in [-0.15, -0.1) is 0 Å². The maximum atomic E-state index is 2.12. The van der Waals surface area contributed by atoms with Crippen LogP contribution in [-0.4, -0.2) is 0 Å². The molecule has 18 heavy (non-hydrogen) atoms. The van der Waals surface area contributed by atoms with Gasteiger partial charge < -0.3 is 0 Å². The van der Waals surface area contributed by atoms with E-state index in [2.05, 4.69) is 48.6 Å². The Balaban J connectivity index is 2.37. The van der Waals surface area contributed by atoms with E-state index >= 15 is 0 Å². The Morgan fingerprint density at radius 3 is 0.778 bits per heavy atom. The van der Waals surface area contributed by atoms with E-state index in [1.54, 1.807) is 0 Å². The highest BCUT2D eigenvalue weighted by molar-refractivity contribution is 5.50. The minimum atomic E-state index is 1.20. The first-order valence-electron chi connectivity index (χ1n) is 6.07. The zero-order valence-electron chi connectivity index (χ0n) is 10.2. The monoisotopic (exact) mass is 232 g/mol. The predicted molar refractivity (Wildman–Crippen MR) is 80.1 cm³/mol. The van der Waals surface area contributed by atoms with E-state index in [1.807, 2.05) is 48.6 Å². The van der Waals surface area contributed by atoms with Crippen molar-refractivity contribution in [2.75, 3.05) is 0 Å². The molecule has 0 N–H and O–H groups in total. The fraction of sp³-hybridized carbons (Fsp3) is 0. The highest BCUT2D eigenvalue weighted by Gasteiger charge is 1.95. The van der Waals surface area contributed by atoms with Gasteiger partial charge in [-0.2, -0.15) is 0 Å². The van der Waals surface area contributed by atoms with Crippen molar-refractivity contribution in [2.45, 2.75) is 0 Å². The zero-order valence-corrected chi connectivity index (χ0v) is 10.2. The molecule has 88 valence electrons. The minimum absolute atomic E-state index is 1.20. The summed E-state index contributed by atoms with van der Waals surface area (Å²) in [6, 6.07) is 0. The van der Waals surface area contributed by atoms with Crippen molar-refractivity contribution in [3.8, 4) is 0 Å². The molecular formula is C18H16. The number of hydrogen-bond acceptors (Lipinski definition) is 0. The molecule has 0 atom stereocenters. The maximum Gasteiger partial charge on any atom is -0.0184 e. The second-order valence-corrected chi connectivity index (χ2v) is 3.89. The molecule has 2 rings (SSSR count). The van der Waals surface area contributed by atoms with Gasteiger partial charge >= 0.3 is 0 Å². The Bertz CT molecular complexity index is 493. The van der Waals surface area contributed by atoms with Crippen LogP contribution in [-0.2, 0) is 0 Å². The van der Waals surface area contributed by atoms with E-state index in [1.165, 1.54) is 11.1 Å². The Morgan fingerprint density at radius 1 is 0.278 bits per heavy atom. The Hall–Kier alpha value is -2.34. The van der Waals surface area contributed by atoms with E-state index in [0.29, 0.717) is 0 Å². The summed E-state index contributed by atoms with van der Waals surface area (Å²) in [6.07, 6.45) is 32.9. The van der Waals surface area contributed by atoms with Gasteiger partial charge in [-0.25, -0.2) is 0 Å². The number of rotatable bonds is 0. The lowest BCUT2D eigenvalue weighted by Crippen LogP contribution is -1.80. The van der Waals surface area contributed by atoms with Crippen LogP contribution in [0.5, 0.6) is 0 Å². The molecule has 0 saturated heterocycles. The van der Waals surface area contributed by atoms with Gasteiger partial charge in [-0.1, -0.05) is 97.2 Å². The summed E-state index contributed by atoms with van der Waals surface area (Å²) in [7, 11) is 0. The number of hydrogen-bond donors (Lipinski definition) is 0. The molecule has 0 fully saturated rings. The van der Waals surface area contributed by atoms with Crippen molar-refractivity contribution in [1.29, 1.82) is 0 Å². The molecule has 0 radical (unpaired) electrons. The average molecular weight is 232 g/mol. The summed E-state index contributed by atoms with van der Waals surface area (Å²) in [5.41, 5.74) is 2.41. The Morgan fingerprint density at radius 2 is 0.500 bits per heavy atom. The van der Waals surface area contributed by atoms with Crippen LogP contribution in [0.3, 0.4) is 0 Å². The van der Waals surface area contributed by atoms with Crippen molar-refractivity contribution in [3.05, 3.63) is 108 Å². The molecule has 0 amide bonds. The Kier molecular flexibility index (Phi) is 4.77. The first kappa shape index (κ1) is 12.1. The van der Waals surface area contributed by atoms with Gasteiger partial charge in [0.05, 0.1) is 0 Å². The summed E-state index contributed by atoms with van der Waals surface area (Å²) in [4.78, 5) is 0. The molecular weight excluding hydrogens is 216 g/mol. The van der Waals surface area contributed by atoms with Crippen LogP contribution in [0.1, 0.15) is 0 Å². The molecule has 0 aromatic carbocycles. The highest BCUT2D eigenvalue weighted by atomic mass is 14.0. The normalized spacial score (nSPS) is 27.1. The topological polar surface area (TPSA) is 0 Å². The molecule has 0 nitrogen and oxygen atoms in total. The molecule has 2 aliphatic rings. The first-order chi connectivity index (χ1) is 8.97. The lowest BCUT2D eigenvalue weighted by Gasteiger charge is -1.99. The standard InChI is InChI=1S/C18H16/c1-2-4-6-10-14-17(13-9-5-3-1)18-15-11-7-8-12-16-18/h1-16H/b2-1-,5-3+,6-4+,13-9-,14-10+. The summed E-state index contributed by atoms with van der Waals surface area (Å²) in [6.45, 7) is 0. The van der Waals surface area contributed by atoms with Crippen LogP contribution in [0.15, 0.2) is 108 Å². The van der Waals surface area contributed by atoms with Crippen LogP contribution in [0.25, 0.3) is 0 Å². The van der Waals surface area contributed by atoms with E-state index in [4.69, 9.17) is 0 Å². The summed E-state index contributed by atoms with van der Waals surface area (Å²) < 4.78 is 0. The zero-order chi connectivity index (χ0) is 12.5. The van der Waals surface area contributed by atoms with Crippen molar-refractivity contribution in [1.82, 2.24) is 0 Å². The lowest BCUT2D eigenvalue weighted by atomic mass is 10.1. The van der Waals surface area contributed by atoms with Crippen molar-refractivity contribution in [2.24, 2.45) is 0 Å². The highest BCUT2D eigenvalue weighted by Crippen LogP contribution is 2.14. The molecule has 0 saturated carbocycles. The average Bonchev–Trinajstić information content (AvgIpc) is 2.69. The first-order valence-corrected chi connectivity index (χ1v) is 6.07. The molecule has 0 aromatic heterocycles. The second-order valence-electron chi connectivity index (χ2n) is 3.89. The molecule has 0 unspecified atom stereocenters. The third kappa shape index (κ3) is 3.91. The number of allylic oxidation sites excluding steroid dienone is 18. The lowest BCUT2D eigenvalue weighted by molar-refractivity contribution is 1.56. The molecule has 0 heterocycles. The van der Waals surface area contributed by atoms with Gasteiger partial charge in [0.2, 0.25) is 0 Å². The molecule has 0 spiro atoms. The van der Waals surface area contributed by atoms with Crippen LogP contribution >= 0.6 is 0 Å². The van der Waals surface area contributed by atoms with Gasteiger partial charge in [0.25, 0.3) is 0 Å². The third-order valence-electron chi connectivity index (χ3n) is 2.55. The van der Waals surface area contributed by atoms with Crippen molar-refractivity contribution < 1.29 is 0 Å². The van der Waals surface area contributed by atoms with E-state index in [-0.39, 0.29) is 0 Å². The Labute approximate surface area is 109 Å². The van der Waals surface area contributed by atoms with Crippen LogP contribution < -0.4 is 0 Å².